The lowest BCUT2D eigenvalue weighted by molar-refractivity contribution is -0.137. The molecule has 1 fully saturated rings. The molecule has 1 amide bonds. The molecule has 0 aliphatic heterocycles. The van der Waals surface area contributed by atoms with Crippen molar-refractivity contribution in [2.75, 3.05) is 26.3 Å². The van der Waals surface area contributed by atoms with Crippen LogP contribution in [-0.4, -0.2) is 54.2 Å². The van der Waals surface area contributed by atoms with Crippen molar-refractivity contribution in [3.8, 4) is 11.5 Å². The normalized spacial score (nSPS) is 13.3. The van der Waals surface area contributed by atoms with E-state index in [0.717, 1.165) is 42.4 Å². The molecule has 1 aliphatic rings. The molecule has 1 aliphatic carbocycles. The third-order valence-electron chi connectivity index (χ3n) is 7.77. The molecule has 3 aromatic carbocycles. The summed E-state index contributed by atoms with van der Waals surface area (Å²) in [6.07, 6.45) is 4.95. The van der Waals surface area contributed by atoms with Crippen molar-refractivity contribution in [1.29, 1.82) is 0 Å². The molecule has 1 saturated carbocycles. The topological polar surface area (TPSA) is 88.1 Å². The number of carboxylic acids is 1. The number of aliphatic carboxylic acids is 1. The second kappa shape index (κ2) is 18.0. The van der Waals surface area contributed by atoms with Gasteiger partial charge in [0.15, 0.2) is 5.75 Å². The van der Waals surface area contributed by atoms with Gasteiger partial charge in [-0.05, 0) is 92.6 Å². The summed E-state index contributed by atoms with van der Waals surface area (Å²) in [6, 6.07) is 17.0. The highest BCUT2D eigenvalue weighted by Gasteiger charge is 2.36. The number of benzene rings is 3. The van der Waals surface area contributed by atoms with Crippen LogP contribution in [0.15, 0.2) is 54.6 Å². The Hall–Kier alpha value is -2.68. The summed E-state index contributed by atoms with van der Waals surface area (Å²) in [5, 5.41) is 14.2. The van der Waals surface area contributed by atoms with Gasteiger partial charge in [0.25, 0.3) is 0 Å². The molecule has 11 heteroatoms. The van der Waals surface area contributed by atoms with Crippen LogP contribution in [0.2, 0.25) is 20.1 Å². The van der Waals surface area contributed by atoms with Crippen LogP contribution in [-0.2, 0) is 22.6 Å². The zero-order chi connectivity index (χ0) is 33.1. The summed E-state index contributed by atoms with van der Waals surface area (Å²) >= 11 is 25.3. The summed E-state index contributed by atoms with van der Waals surface area (Å²) in [5.41, 5.74) is 2.80. The molecule has 4 rings (SSSR count). The molecule has 1 unspecified atom stereocenters. The predicted molar refractivity (Wildman–Crippen MR) is 185 cm³/mol. The molecular weight excluding hydrogens is 670 g/mol. The monoisotopic (exact) mass is 708 g/mol. The van der Waals surface area contributed by atoms with Crippen molar-refractivity contribution in [1.82, 2.24) is 10.2 Å². The van der Waals surface area contributed by atoms with Crippen LogP contribution in [0.25, 0.3) is 0 Å². The summed E-state index contributed by atoms with van der Waals surface area (Å²) in [4.78, 5) is 26.8. The van der Waals surface area contributed by atoms with Crippen molar-refractivity contribution in [2.24, 2.45) is 5.92 Å². The van der Waals surface area contributed by atoms with Gasteiger partial charge in [0.1, 0.15) is 19.0 Å². The van der Waals surface area contributed by atoms with E-state index < -0.39 is 5.97 Å². The van der Waals surface area contributed by atoms with E-state index >= 15 is 0 Å². The lowest BCUT2D eigenvalue weighted by Crippen LogP contribution is -2.42. The maximum atomic E-state index is 14.1. The highest BCUT2D eigenvalue weighted by Crippen LogP contribution is 2.35. The Morgan fingerprint density at radius 1 is 0.935 bits per heavy atom. The van der Waals surface area contributed by atoms with Gasteiger partial charge in [-0.15, -0.1) is 0 Å². The molecule has 7 nitrogen and oxygen atoms in total. The van der Waals surface area contributed by atoms with Crippen LogP contribution >= 0.6 is 46.4 Å². The number of carboxylic acid groups (broad SMARTS) is 1. The van der Waals surface area contributed by atoms with Crippen LogP contribution in [0.1, 0.15) is 55.2 Å². The van der Waals surface area contributed by atoms with Crippen LogP contribution in [0.5, 0.6) is 11.5 Å². The zero-order valence-electron chi connectivity index (χ0n) is 25.9. The minimum absolute atomic E-state index is 0.0721. The van der Waals surface area contributed by atoms with Crippen molar-refractivity contribution in [3.63, 3.8) is 0 Å². The quantitative estimate of drug-likeness (QED) is 0.121. The molecule has 0 heterocycles. The van der Waals surface area contributed by atoms with Gasteiger partial charge in [-0.2, -0.15) is 0 Å². The first-order valence-electron chi connectivity index (χ1n) is 15.6. The Labute approximate surface area is 291 Å². The SMILES string of the molecule is Cc1cc(Cl)c(OCCOc2ccc(CC(CNCCCCCC(=O)O)C(=O)N(Cc3cccc(Cl)c3Cl)C3CC3)cc2)c(Cl)c1. The van der Waals surface area contributed by atoms with Crippen molar-refractivity contribution in [3.05, 3.63) is 91.4 Å². The number of carbonyl (C=O) groups is 2. The second-order valence-corrected chi connectivity index (χ2v) is 13.2. The predicted octanol–water partition coefficient (Wildman–Crippen LogP) is 8.65. The number of carbonyl (C=O) groups excluding carboxylic acids is 1. The van der Waals surface area contributed by atoms with Crippen LogP contribution in [0, 0.1) is 12.8 Å². The van der Waals surface area contributed by atoms with Gasteiger partial charge in [0.05, 0.1) is 26.0 Å². The number of ether oxygens (including phenoxy) is 2. The summed E-state index contributed by atoms with van der Waals surface area (Å²) in [5.74, 6) is 0.117. The number of aryl methyl sites for hydroxylation is 1. The Kier molecular flexibility index (Phi) is 14.2. The van der Waals surface area contributed by atoms with Crippen molar-refractivity contribution >= 4 is 58.3 Å². The third-order valence-corrected chi connectivity index (χ3v) is 9.19. The van der Waals surface area contributed by atoms with E-state index in [1.165, 1.54) is 0 Å². The van der Waals surface area contributed by atoms with E-state index in [4.69, 9.17) is 61.0 Å². The van der Waals surface area contributed by atoms with Gasteiger partial charge in [-0.1, -0.05) is 77.1 Å². The highest BCUT2D eigenvalue weighted by molar-refractivity contribution is 6.42. The lowest BCUT2D eigenvalue weighted by atomic mass is 9.97. The minimum atomic E-state index is -0.777. The Morgan fingerprint density at radius 2 is 1.63 bits per heavy atom. The minimum Gasteiger partial charge on any atom is -0.490 e. The molecular formula is C35H40Cl4N2O5. The zero-order valence-corrected chi connectivity index (χ0v) is 28.9. The summed E-state index contributed by atoms with van der Waals surface area (Å²) < 4.78 is 11.6. The fraction of sp³-hybridized carbons (Fsp3) is 0.429. The first-order chi connectivity index (χ1) is 22.1. The fourth-order valence-corrected chi connectivity index (χ4v) is 6.31. The number of nitrogens with zero attached hydrogens (tertiary/aromatic N) is 1. The van der Waals surface area contributed by atoms with Crippen molar-refractivity contribution in [2.45, 2.75) is 64.5 Å². The number of hydrogen-bond donors (Lipinski definition) is 2. The largest absolute Gasteiger partial charge is 0.490 e. The van der Waals surface area contributed by atoms with E-state index in [9.17, 15) is 9.59 Å². The fourth-order valence-electron chi connectivity index (χ4n) is 5.22. The Morgan fingerprint density at radius 3 is 2.30 bits per heavy atom. The maximum absolute atomic E-state index is 14.1. The second-order valence-electron chi connectivity index (χ2n) is 11.6. The molecule has 2 N–H and O–H groups in total. The standard InChI is InChI=1S/C35H40Cl4N2O5/c1-23-18-30(37)34(31(38)19-23)46-17-16-45-28-13-9-24(10-14-28)20-26(21-40-15-4-2-3-8-32(42)43)35(44)41(27-11-12-27)22-25-6-5-7-29(36)33(25)39/h5-7,9-10,13-14,18-19,26-27,40H,2-4,8,11-12,15-17,20-22H2,1H3,(H,42,43). The molecule has 0 bridgehead atoms. The molecule has 0 radical (unpaired) electrons. The molecule has 1 atom stereocenters. The molecule has 3 aromatic rings. The number of hydrogen-bond acceptors (Lipinski definition) is 5. The van der Waals surface area contributed by atoms with Gasteiger partial charge in [-0.3, -0.25) is 9.59 Å². The van der Waals surface area contributed by atoms with Gasteiger partial charge in [0.2, 0.25) is 5.91 Å². The number of rotatable bonds is 19. The number of amides is 1. The van der Waals surface area contributed by atoms with E-state index in [1.54, 1.807) is 18.2 Å². The number of halogens is 4. The van der Waals surface area contributed by atoms with Gasteiger partial charge >= 0.3 is 5.97 Å². The van der Waals surface area contributed by atoms with Crippen LogP contribution in [0.4, 0.5) is 0 Å². The average Bonchev–Trinajstić information content (AvgIpc) is 3.85. The van der Waals surface area contributed by atoms with Crippen LogP contribution in [0.3, 0.4) is 0 Å². The maximum Gasteiger partial charge on any atom is 0.303 e. The van der Waals surface area contributed by atoms with E-state index in [1.807, 2.05) is 48.2 Å². The van der Waals surface area contributed by atoms with Gasteiger partial charge < -0.3 is 24.8 Å². The van der Waals surface area contributed by atoms with Crippen molar-refractivity contribution < 1.29 is 24.2 Å². The van der Waals surface area contributed by atoms with Gasteiger partial charge in [0, 0.05) is 25.6 Å². The Balaban J connectivity index is 1.36. The molecule has 0 saturated heterocycles. The van der Waals surface area contributed by atoms with Gasteiger partial charge in [-0.25, -0.2) is 0 Å². The molecule has 46 heavy (non-hydrogen) atoms. The van der Waals surface area contributed by atoms with E-state index in [2.05, 4.69) is 5.32 Å². The summed E-state index contributed by atoms with van der Waals surface area (Å²) in [7, 11) is 0. The number of nitrogens with one attached hydrogen (secondary N) is 1. The number of unbranched alkanes of at least 4 members (excludes halogenated alkanes) is 2. The van der Waals surface area contributed by atoms with E-state index in [0.29, 0.717) is 70.7 Å². The molecule has 0 spiro atoms. The molecule has 0 aromatic heterocycles. The highest BCUT2D eigenvalue weighted by atomic mass is 35.5. The lowest BCUT2D eigenvalue weighted by Gasteiger charge is -2.28. The third kappa shape index (κ3) is 11.2. The van der Waals surface area contributed by atoms with Crippen LogP contribution < -0.4 is 14.8 Å². The van der Waals surface area contributed by atoms with E-state index in [-0.39, 0.29) is 30.9 Å². The smallest absolute Gasteiger partial charge is 0.303 e. The Bertz CT molecular complexity index is 1440. The molecule has 248 valence electrons. The average molecular weight is 711 g/mol. The summed E-state index contributed by atoms with van der Waals surface area (Å²) in [6.45, 7) is 4.11. The first-order valence-corrected chi connectivity index (χ1v) is 17.1. The first kappa shape index (κ1) is 36.2.